The lowest BCUT2D eigenvalue weighted by molar-refractivity contribution is 0.0834. The van der Waals surface area contributed by atoms with Crippen molar-refractivity contribution < 1.29 is 0 Å². The van der Waals surface area contributed by atoms with E-state index < -0.39 is 0 Å². The van der Waals surface area contributed by atoms with Gasteiger partial charge in [-0.1, -0.05) is 20.3 Å². The average Bonchev–Trinajstić information content (AvgIpc) is 2.78. The molecule has 0 spiro atoms. The third-order valence-corrected chi connectivity index (χ3v) is 5.03. The second-order valence-electron chi connectivity index (χ2n) is 5.94. The van der Waals surface area contributed by atoms with Crippen LogP contribution < -0.4 is 5.73 Å². The van der Waals surface area contributed by atoms with Crippen LogP contribution in [0.15, 0.2) is 0 Å². The van der Waals surface area contributed by atoms with Gasteiger partial charge in [0.2, 0.25) is 0 Å². The summed E-state index contributed by atoms with van der Waals surface area (Å²) in [6.45, 7) is 6.89. The number of hydrogen-bond acceptors (Lipinski definition) is 2. The predicted octanol–water partition coefficient (Wildman–Crippen LogP) is 2.77. The fourth-order valence-electron chi connectivity index (χ4n) is 3.63. The quantitative estimate of drug-likeness (QED) is 0.795. The lowest BCUT2D eigenvalue weighted by Gasteiger charge is -2.42. The average molecular weight is 224 g/mol. The molecule has 2 aliphatic rings. The van der Waals surface area contributed by atoms with Crippen LogP contribution in [-0.4, -0.2) is 29.6 Å². The van der Waals surface area contributed by atoms with Gasteiger partial charge in [-0.05, 0) is 51.0 Å². The zero-order chi connectivity index (χ0) is 11.6. The summed E-state index contributed by atoms with van der Waals surface area (Å²) in [6, 6.07) is 0.870. The van der Waals surface area contributed by atoms with E-state index in [1.807, 2.05) is 0 Å². The fourth-order valence-corrected chi connectivity index (χ4v) is 3.63. The van der Waals surface area contributed by atoms with Crippen molar-refractivity contribution in [1.29, 1.82) is 0 Å². The van der Waals surface area contributed by atoms with Gasteiger partial charge in [0.15, 0.2) is 0 Å². The summed E-state index contributed by atoms with van der Waals surface area (Å²) in [5.74, 6) is 0.992. The van der Waals surface area contributed by atoms with Crippen LogP contribution in [0, 0.1) is 5.92 Å². The van der Waals surface area contributed by atoms with Crippen LogP contribution in [0.2, 0.25) is 0 Å². The summed E-state index contributed by atoms with van der Waals surface area (Å²) in [4.78, 5) is 2.72. The van der Waals surface area contributed by atoms with Crippen molar-refractivity contribution in [3.05, 3.63) is 0 Å². The minimum absolute atomic E-state index is 0.0600. The number of hydrogen-bond donors (Lipinski definition) is 1. The molecular weight excluding hydrogens is 196 g/mol. The molecule has 1 heterocycles. The molecule has 2 heteroatoms. The maximum absolute atomic E-state index is 6.47. The lowest BCUT2D eigenvalue weighted by Crippen LogP contribution is -2.54. The van der Waals surface area contributed by atoms with Crippen LogP contribution in [0.25, 0.3) is 0 Å². The Morgan fingerprint density at radius 1 is 1.12 bits per heavy atom. The molecule has 2 rings (SSSR count). The molecule has 0 aromatic heterocycles. The molecular formula is C14H28N2. The van der Waals surface area contributed by atoms with Crippen molar-refractivity contribution in [3.8, 4) is 0 Å². The van der Waals surface area contributed by atoms with Crippen LogP contribution in [0.3, 0.4) is 0 Å². The van der Waals surface area contributed by atoms with Crippen LogP contribution in [0.5, 0.6) is 0 Å². The number of piperidine rings is 1. The van der Waals surface area contributed by atoms with Gasteiger partial charge in [-0.25, -0.2) is 0 Å². The zero-order valence-corrected chi connectivity index (χ0v) is 11.0. The zero-order valence-electron chi connectivity index (χ0n) is 11.0. The van der Waals surface area contributed by atoms with Crippen LogP contribution in [0.4, 0.5) is 0 Å². The number of fused-ring (bicyclic) bond motifs is 1. The van der Waals surface area contributed by atoms with Gasteiger partial charge in [0.05, 0.1) is 0 Å². The molecule has 0 aromatic carbocycles. The second kappa shape index (κ2) is 5.05. The first-order valence-corrected chi connectivity index (χ1v) is 7.21. The molecule has 2 N–H and O–H groups in total. The Hall–Kier alpha value is -0.0800. The third kappa shape index (κ3) is 2.43. The van der Waals surface area contributed by atoms with Crippen molar-refractivity contribution in [1.82, 2.24) is 4.90 Å². The van der Waals surface area contributed by atoms with Crippen LogP contribution in [-0.2, 0) is 0 Å². The SMILES string of the molecule is CCC(N)(CC)CN1CCCC2CCCC21. The number of likely N-dealkylation sites (tertiary alicyclic amines) is 1. The van der Waals surface area contributed by atoms with E-state index >= 15 is 0 Å². The van der Waals surface area contributed by atoms with Gasteiger partial charge in [-0.3, -0.25) is 4.90 Å². The molecule has 16 heavy (non-hydrogen) atoms. The molecule has 0 aromatic rings. The van der Waals surface area contributed by atoms with E-state index in [4.69, 9.17) is 5.73 Å². The van der Waals surface area contributed by atoms with E-state index in [-0.39, 0.29) is 5.54 Å². The lowest BCUT2D eigenvalue weighted by atomic mass is 9.88. The monoisotopic (exact) mass is 224 g/mol. The highest BCUT2D eigenvalue weighted by atomic mass is 15.2. The standard InChI is InChI=1S/C14H28N2/c1-3-14(15,4-2)11-16-10-6-8-12-7-5-9-13(12)16/h12-13H,3-11,15H2,1-2H3. The Kier molecular flexibility index (Phi) is 3.91. The van der Waals surface area contributed by atoms with Crippen molar-refractivity contribution in [2.75, 3.05) is 13.1 Å². The summed E-state index contributed by atoms with van der Waals surface area (Å²) >= 11 is 0. The minimum atomic E-state index is 0.0600. The highest BCUT2D eigenvalue weighted by molar-refractivity contribution is 4.94. The molecule has 2 fully saturated rings. The molecule has 1 saturated carbocycles. The van der Waals surface area contributed by atoms with Gasteiger partial charge in [0, 0.05) is 18.1 Å². The highest BCUT2D eigenvalue weighted by Gasteiger charge is 2.37. The Labute approximate surface area is 101 Å². The number of rotatable bonds is 4. The second-order valence-corrected chi connectivity index (χ2v) is 5.94. The summed E-state index contributed by atoms with van der Waals surface area (Å²) in [5.41, 5.74) is 6.53. The van der Waals surface area contributed by atoms with E-state index in [1.54, 1.807) is 0 Å². The van der Waals surface area contributed by atoms with Crippen LogP contribution in [0.1, 0.15) is 58.8 Å². The molecule has 1 aliphatic heterocycles. The Morgan fingerprint density at radius 2 is 1.81 bits per heavy atom. The topological polar surface area (TPSA) is 29.3 Å². The first-order chi connectivity index (χ1) is 7.68. The minimum Gasteiger partial charge on any atom is -0.324 e. The summed E-state index contributed by atoms with van der Waals surface area (Å²) in [6.07, 6.45) is 9.42. The smallest absolute Gasteiger partial charge is 0.0278 e. The largest absolute Gasteiger partial charge is 0.324 e. The molecule has 0 amide bonds. The summed E-state index contributed by atoms with van der Waals surface area (Å²) in [5, 5.41) is 0. The van der Waals surface area contributed by atoms with E-state index in [0.717, 1.165) is 31.3 Å². The van der Waals surface area contributed by atoms with Gasteiger partial charge >= 0.3 is 0 Å². The maximum Gasteiger partial charge on any atom is 0.0278 e. The Bertz CT molecular complexity index is 223. The molecule has 0 radical (unpaired) electrons. The molecule has 1 saturated heterocycles. The molecule has 94 valence electrons. The molecule has 2 unspecified atom stereocenters. The van der Waals surface area contributed by atoms with Gasteiger partial charge < -0.3 is 5.73 Å². The Balaban J connectivity index is 1.97. The van der Waals surface area contributed by atoms with E-state index in [1.165, 1.54) is 38.6 Å². The first-order valence-electron chi connectivity index (χ1n) is 7.21. The van der Waals surface area contributed by atoms with Gasteiger partial charge in [0.25, 0.3) is 0 Å². The van der Waals surface area contributed by atoms with Crippen molar-refractivity contribution in [2.45, 2.75) is 70.4 Å². The van der Waals surface area contributed by atoms with E-state index in [2.05, 4.69) is 18.7 Å². The summed E-state index contributed by atoms with van der Waals surface area (Å²) in [7, 11) is 0. The van der Waals surface area contributed by atoms with Crippen molar-refractivity contribution >= 4 is 0 Å². The molecule has 2 atom stereocenters. The molecule has 2 nitrogen and oxygen atoms in total. The first kappa shape index (κ1) is 12.4. The van der Waals surface area contributed by atoms with Gasteiger partial charge in [-0.15, -0.1) is 0 Å². The summed E-state index contributed by atoms with van der Waals surface area (Å²) < 4.78 is 0. The number of nitrogens with zero attached hydrogens (tertiary/aromatic N) is 1. The molecule has 0 bridgehead atoms. The fraction of sp³-hybridized carbons (Fsp3) is 1.00. The maximum atomic E-state index is 6.47. The van der Waals surface area contributed by atoms with Crippen molar-refractivity contribution in [3.63, 3.8) is 0 Å². The normalized spacial score (nSPS) is 31.7. The van der Waals surface area contributed by atoms with Gasteiger partial charge in [0.1, 0.15) is 0 Å². The van der Waals surface area contributed by atoms with Gasteiger partial charge in [-0.2, -0.15) is 0 Å². The van der Waals surface area contributed by atoms with Crippen molar-refractivity contribution in [2.24, 2.45) is 11.7 Å². The highest BCUT2D eigenvalue weighted by Crippen LogP contribution is 2.37. The number of nitrogens with two attached hydrogens (primary N) is 1. The molecule has 1 aliphatic carbocycles. The predicted molar refractivity (Wildman–Crippen MR) is 69.4 cm³/mol. The van der Waals surface area contributed by atoms with Crippen LogP contribution >= 0.6 is 0 Å². The third-order valence-electron chi connectivity index (χ3n) is 5.03. The van der Waals surface area contributed by atoms with E-state index in [9.17, 15) is 0 Å². The van der Waals surface area contributed by atoms with E-state index in [0.29, 0.717) is 0 Å². The Morgan fingerprint density at radius 3 is 2.50 bits per heavy atom.